The van der Waals surface area contributed by atoms with E-state index in [2.05, 4.69) is 4.90 Å². The van der Waals surface area contributed by atoms with E-state index >= 15 is 0 Å². The molecule has 1 saturated heterocycles. The summed E-state index contributed by atoms with van der Waals surface area (Å²) in [5.41, 5.74) is 7.29. The van der Waals surface area contributed by atoms with Crippen molar-refractivity contribution < 1.29 is 4.74 Å². The van der Waals surface area contributed by atoms with Crippen LogP contribution in [0.5, 0.6) is 0 Å². The largest absolute Gasteiger partial charge is 0.396 e. The monoisotopic (exact) mass is 288 g/mol. The summed E-state index contributed by atoms with van der Waals surface area (Å²) in [6.07, 6.45) is 1.18. The summed E-state index contributed by atoms with van der Waals surface area (Å²) in [6.45, 7) is 3.85. The predicted molar refractivity (Wildman–Crippen MR) is 76.1 cm³/mol. The fourth-order valence-corrected chi connectivity index (χ4v) is 2.95. The van der Waals surface area contributed by atoms with Gasteiger partial charge in [-0.15, -0.1) is 0 Å². The molecule has 1 aromatic carbocycles. The lowest BCUT2D eigenvalue weighted by Crippen LogP contribution is -2.21. The van der Waals surface area contributed by atoms with Crippen molar-refractivity contribution in [3.8, 4) is 0 Å². The summed E-state index contributed by atoms with van der Waals surface area (Å²) in [5.74, 6) is 0.634. The Balaban J connectivity index is 1.98. The Morgan fingerprint density at radius 1 is 1.39 bits per heavy atom. The maximum Gasteiger partial charge on any atom is 0.0693 e. The van der Waals surface area contributed by atoms with E-state index in [9.17, 15) is 0 Å². The average molecular weight is 289 g/mol. The van der Waals surface area contributed by atoms with Gasteiger partial charge in [0, 0.05) is 20.2 Å². The van der Waals surface area contributed by atoms with Gasteiger partial charge in [-0.05, 0) is 36.6 Å². The number of ether oxygens (including phenoxy) is 1. The SMILES string of the molecule is COCC1CCN(Cc2cc(Cl)c(N)c(Cl)c2)C1. The van der Waals surface area contributed by atoms with E-state index in [0.717, 1.165) is 31.8 Å². The molecule has 18 heavy (non-hydrogen) atoms. The molecule has 2 N–H and O–H groups in total. The first-order chi connectivity index (χ1) is 8.60. The highest BCUT2D eigenvalue weighted by Gasteiger charge is 2.22. The fraction of sp³-hybridized carbons (Fsp3) is 0.538. The van der Waals surface area contributed by atoms with Gasteiger partial charge in [0.2, 0.25) is 0 Å². The third-order valence-corrected chi connectivity index (χ3v) is 3.94. The standard InChI is InChI=1S/C13H18Cl2N2O/c1-18-8-9-2-3-17(6-9)7-10-4-11(14)13(16)12(15)5-10/h4-5,9H,2-3,6-8,16H2,1H3. The van der Waals surface area contributed by atoms with Crippen LogP contribution in [0.1, 0.15) is 12.0 Å². The normalized spacial score (nSPS) is 20.5. The van der Waals surface area contributed by atoms with Gasteiger partial charge in [-0.3, -0.25) is 4.90 Å². The number of halogens is 2. The predicted octanol–water partition coefficient (Wildman–Crippen LogP) is 3.04. The molecule has 0 bridgehead atoms. The van der Waals surface area contributed by atoms with Gasteiger partial charge in [0.05, 0.1) is 22.3 Å². The number of hydrogen-bond donors (Lipinski definition) is 1. The van der Waals surface area contributed by atoms with E-state index in [1.54, 1.807) is 7.11 Å². The molecular weight excluding hydrogens is 271 g/mol. The Morgan fingerprint density at radius 3 is 2.67 bits per heavy atom. The first-order valence-corrected chi connectivity index (χ1v) is 6.80. The van der Waals surface area contributed by atoms with Crippen molar-refractivity contribution in [3.05, 3.63) is 27.7 Å². The minimum atomic E-state index is 0.459. The molecule has 0 aliphatic carbocycles. The highest BCUT2D eigenvalue weighted by Crippen LogP contribution is 2.30. The van der Waals surface area contributed by atoms with Gasteiger partial charge in [-0.1, -0.05) is 23.2 Å². The highest BCUT2D eigenvalue weighted by atomic mass is 35.5. The number of methoxy groups -OCH3 is 1. The number of rotatable bonds is 4. The number of anilines is 1. The molecule has 3 nitrogen and oxygen atoms in total. The average Bonchev–Trinajstić information content (AvgIpc) is 2.74. The van der Waals surface area contributed by atoms with Crippen molar-refractivity contribution in [1.29, 1.82) is 0 Å². The lowest BCUT2D eigenvalue weighted by molar-refractivity contribution is 0.152. The van der Waals surface area contributed by atoms with E-state index in [4.69, 9.17) is 33.7 Å². The second-order valence-corrected chi connectivity index (χ2v) is 5.63. The summed E-state index contributed by atoms with van der Waals surface area (Å²) < 4.78 is 5.19. The van der Waals surface area contributed by atoms with Gasteiger partial charge < -0.3 is 10.5 Å². The molecule has 0 aromatic heterocycles. The van der Waals surface area contributed by atoms with Gasteiger partial charge >= 0.3 is 0 Å². The van der Waals surface area contributed by atoms with Crippen LogP contribution >= 0.6 is 23.2 Å². The smallest absolute Gasteiger partial charge is 0.0693 e. The van der Waals surface area contributed by atoms with Gasteiger partial charge in [0.1, 0.15) is 0 Å². The van der Waals surface area contributed by atoms with E-state index in [-0.39, 0.29) is 0 Å². The summed E-state index contributed by atoms with van der Waals surface area (Å²) in [6, 6.07) is 3.79. The summed E-state index contributed by atoms with van der Waals surface area (Å²) in [7, 11) is 1.75. The second kappa shape index (κ2) is 6.11. The molecule has 5 heteroatoms. The van der Waals surface area contributed by atoms with E-state index < -0.39 is 0 Å². The van der Waals surface area contributed by atoms with Crippen LogP contribution in [0, 0.1) is 5.92 Å². The van der Waals surface area contributed by atoms with Gasteiger partial charge in [-0.2, -0.15) is 0 Å². The third kappa shape index (κ3) is 3.29. The Hall–Kier alpha value is -0.480. The van der Waals surface area contributed by atoms with Gasteiger partial charge in [0.25, 0.3) is 0 Å². The zero-order chi connectivity index (χ0) is 13.1. The number of nitrogens with two attached hydrogens (primary N) is 1. The highest BCUT2D eigenvalue weighted by molar-refractivity contribution is 6.38. The summed E-state index contributed by atoms with van der Waals surface area (Å²) >= 11 is 12.1. The molecule has 0 saturated carbocycles. The zero-order valence-corrected chi connectivity index (χ0v) is 12.0. The molecule has 1 aromatic rings. The Labute approximate surface area is 118 Å². The molecule has 0 spiro atoms. The lowest BCUT2D eigenvalue weighted by atomic mass is 10.1. The molecule has 0 amide bonds. The Bertz CT molecular complexity index is 402. The molecule has 1 atom stereocenters. The van der Waals surface area contributed by atoms with Gasteiger partial charge in [-0.25, -0.2) is 0 Å². The molecule has 1 aliphatic heterocycles. The molecule has 2 rings (SSSR count). The molecule has 1 fully saturated rings. The zero-order valence-electron chi connectivity index (χ0n) is 10.5. The number of nitrogen functional groups attached to an aromatic ring is 1. The van der Waals surface area contributed by atoms with Crippen LogP contribution in [0.2, 0.25) is 10.0 Å². The van der Waals surface area contributed by atoms with Crippen LogP contribution in [0.25, 0.3) is 0 Å². The summed E-state index contributed by atoms with van der Waals surface area (Å²) in [5, 5.41) is 1.07. The van der Waals surface area contributed by atoms with Gasteiger partial charge in [0.15, 0.2) is 0 Å². The number of hydrogen-bond acceptors (Lipinski definition) is 3. The maximum atomic E-state index is 6.03. The minimum Gasteiger partial charge on any atom is -0.396 e. The first-order valence-electron chi connectivity index (χ1n) is 6.05. The molecular formula is C13H18Cl2N2O. The Kier molecular flexibility index (Phi) is 4.73. The number of likely N-dealkylation sites (tertiary alicyclic amines) is 1. The van der Waals surface area contributed by atoms with Crippen LogP contribution in [-0.4, -0.2) is 31.7 Å². The maximum absolute atomic E-state index is 6.03. The van der Waals surface area contributed by atoms with Crippen LogP contribution in [0.15, 0.2) is 12.1 Å². The molecule has 1 aliphatic rings. The first kappa shape index (κ1) is 13.9. The molecule has 1 heterocycles. The molecule has 1 unspecified atom stereocenters. The van der Waals surface area contributed by atoms with Crippen molar-refractivity contribution in [2.75, 3.05) is 32.5 Å². The van der Waals surface area contributed by atoms with Crippen molar-refractivity contribution in [3.63, 3.8) is 0 Å². The molecule has 0 radical (unpaired) electrons. The third-order valence-electron chi connectivity index (χ3n) is 3.32. The quantitative estimate of drug-likeness (QED) is 0.866. The second-order valence-electron chi connectivity index (χ2n) is 4.82. The van der Waals surface area contributed by atoms with Crippen molar-refractivity contribution >= 4 is 28.9 Å². The Morgan fingerprint density at radius 2 is 2.06 bits per heavy atom. The van der Waals surface area contributed by atoms with Crippen molar-refractivity contribution in [1.82, 2.24) is 4.90 Å². The fourth-order valence-electron chi connectivity index (χ4n) is 2.41. The lowest BCUT2D eigenvalue weighted by Gasteiger charge is -2.17. The number of nitrogens with zero attached hydrogens (tertiary/aromatic N) is 1. The van der Waals surface area contributed by atoms with E-state index in [1.807, 2.05) is 12.1 Å². The molecule has 100 valence electrons. The van der Waals surface area contributed by atoms with Crippen LogP contribution in [0.3, 0.4) is 0 Å². The van der Waals surface area contributed by atoms with Crippen LogP contribution in [0.4, 0.5) is 5.69 Å². The topological polar surface area (TPSA) is 38.5 Å². The van der Waals surface area contributed by atoms with Crippen LogP contribution in [-0.2, 0) is 11.3 Å². The van der Waals surface area contributed by atoms with Crippen molar-refractivity contribution in [2.45, 2.75) is 13.0 Å². The van der Waals surface area contributed by atoms with Crippen LogP contribution < -0.4 is 5.73 Å². The summed E-state index contributed by atoms with van der Waals surface area (Å²) in [4.78, 5) is 2.39. The number of benzene rings is 1. The van der Waals surface area contributed by atoms with E-state index in [0.29, 0.717) is 21.7 Å². The van der Waals surface area contributed by atoms with Crippen molar-refractivity contribution in [2.24, 2.45) is 5.92 Å². The van der Waals surface area contributed by atoms with E-state index in [1.165, 1.54) is 6.42 Å². The minimum absolute atomic E-state index is 0.459.